The van der Waals surface area contributed by atoms with Crippen molar-refractivity contribution in [3.05, 3.63) is 54.0 Å². The van der Waals surface area contributed by atoms with E-state index in [1.54, 1.807) is 23.3 Å². The summed E-state index contributed by atoms with van der Waals surface area (Å²) in [6, 6.07) is 7.74. The van der Waals surface area contributed by atoms with Gasteiger partial charge >= 0.3 is 0 Å². The van der Waals surface area contributed by atoms with Crippen molar-refractivity contribution in [2.45, 2.75) is 18.9 Å². The summed E-state index contributed by atoms with van der Waals surface area (Å²) in [5, 5.41) is 0. The van der Waals surface area contributed by atoms with E-state index >= 15 is 0 Å². The summed E-state index contributed by atoms with van der Waals surface area (Å²) in [6.07, 6.45) is 6.71. The monoisotopic (exact) mass is 397 g/mol. The van der Waals surface area contributed by atoms with Crippen LogP contribution in [0.2, 0.25) is 0 Å². The molecule has 3 aliphatic heterocycles. The van der Waals surface area contributed by atoms with Gasteiger partial charge in [0.1, 0.15) is 11.7 Å². The molecule has 1 amide bonds. The van der Waals surface area contributed by atoms with Gasteiger partial charge in [-0.15, -0.1) is 4.40 Å². The van der Waals surface area contributed by atoms with Crippen LogP contribution in [0.25, 0.3) is 11.0 Å². The lowest BCUT2D eigenvalue weighted by molar-refractivity contribution is -0.127. The number of carbonyl (C=O) groups excluding carboxylic acids is 1. The number of sulfonamides is 1. The Morgan fingerprint density at radius 2 is 2.04 bits per heavy atom. The van der Waals surface area contributed by atoms with Crippen LogP contribution < -0.4 is 0 Å². The van der Waals surface area contributed by atoms with E-state index < -0.39 is 10.0 Å². The third-order valence-electron chi connectivity index (χ3n) is 5.31. The van der Waals surface area contributed by atoms with Crippen LogP contribution in [0.15, 0.2) is 52.6 Å². The lowest BCUT2D eigenvalue weighted by Crippen LogP contribution is -2.39. The molecule has 0 spiro atoms. The molecule has 0 bridgehead atoms. The molecule has 2 aromatic rings. The zero-order chi connectivity index (χ0) is 19.3. The number of amides is 1. The Morgan fingerprint density at radius 3 is 2.89 bits per heavy atom. The Bertz CT molecular complexity index is 1130. The fourth-order valence-electron chi connectivity index (χ4n) is 3.92. The van der Waals surface area contributed by atoms with Gasteiger partial charge in [-0.25, -0.2) is 13.4 Å². The molecule has 9 heteroatoms. The van der Waals surface area contributed by atoms with Crippen molar-refractivity contribution in [1.82, 2.24) is 19.8 Å². The normalized spacial score (nSPS) is 23.5. The summed E-state index contributed by atoms with van der Waals surface area (Å²) in [5.74, 6) is 1.04. The number of rotatable bonds is 2. The van der Waals surface area contributed by atoms with Gasteiger partial charge in [0, 0.05) is 19.3 Å². The first-order valence-electron chi connectivity index (χ1n) is 9.25. The number of nitrogens with zero attached hydrogens (tertiary/aromatic N) is 4. The third-order valence-corrected chi connectivity index (χ3v) is 6.47. The molecule has 0 radical (unpaired) electrons. The molecule has 4 heterocycles. The first-order chi connectivity index (χ1) is 13.5. The molecule has 8 nitrogen and oxygen atoms in total. The lowest BCUT2D eigenvalue weighted by atomic mass is 10.1. The zero-order valence-electron chi connectivity index (χ0n) is 15.1. The third kappa shape index (κ3) is 2.91. The highest BCUT2D eigenvalue weighted by atomic mass is 32.2. The highest BCUT2D eigenvalue weighted by Crippen LogP contribution is 2.33. The summed E-state index contributed by atoms with van der Waals surface area (Å²) in [6.45, 7) is 0.969. The molecule has 1 fully saturated rings. The number of hydrogen-bond donors (Lipinski definition) is 1. The van der Waals surface area contributed by atoms with Crippen molar-refractivity contribution in [2.24, 2.45) is 4.40 Å². The fraction of sp³-hybridized carbons (Fsp3) is 0.316. The van der Waals surface area contributed by atoms with Gasteiger partial charge in [-0.3, -0.25) is 4.79 Å². The lowest BCUT2D eigenvalue weighted by Gasteiger charge is -2.29. The van der Waals surface area contributed by atoms with E-state index in [0.717, 1.165) is 29.7 Å². The molecule has 0 saturated carbocycles. The van der Waals surface area contributed by atoms with Crippen LogP contribution in [0.3, 0.4) is 0 Å². The SMILES string of the molecule is O=C(C1=CN2CCS(=O)(=O)N=C2C=C1)N1CCCC1c1nc2ccccc2[nH]1. The number of nitrogens with one attached hydrogen (secondary N) is 1. The van der Waals surface area contributed by atoms with Gasteiger partial charge in [0.25, 0.3) is 15.9 Å². The van der Waals surface area contributed by atoms with E-state index in [2.05, 4.69) is 14.4 Å². The number of carbonyl (C=O) groups is 1. The number of para-hydroxylation sites is 2. The van der Waals surface area contributed by atoms with Gasteiger partial charge in [-0.1, -0.05) is 12.1 Å². The van der Waals surface area contributed by atoms with Gasteiger partial charge < -0.3 is 14.8 Å². The average Bonchev–Trinajstić information content (AvgIpc) is 3.33. The minimum Gasteiger partial charge on any atom is -0.340 e. The summed E-state index contributed by atoms with van der Waals surface area (Å²) in [5.41, 5.74) is 2.38. The van der Waals surface area contributed by atoms with E-state index in [1.165, 1.54) is 0 Å². The molecule has 28 heavy (non-hydrogen) atoms. The molecule has 1 unspecified atom stereocenters. The van der Waals surface area contributed by atoms with Gasteiger partial charge in [0.05, 0.1) is 28.4 Å². The first-order valence-corrected chi connectivity index (χ1v) is 10.9. The van der Waals surface area contributed by atoms with Gasteiger partial charge in [0.2, 0.25) is 0 Å². The molecule has 1 aromatic heterocycles. The Balaban J connectivity index is 1.42. The molecule has 1 atom stereocenters. The Hall–Kier alpha value is -2.94. The fourth-order valence-corrected chi connectivity index (χ4v) is 4.89. The topological polar surface area (TPSA) is 98.7 Å². The van der Waals surface area contributed by atoms with E-state index in [0.29, 0.717) is 24.5 Å². The number of amidine groups is 1. The van der Waals surface area contributed by atoms with Gasteiger partial charge in [-0.05, 0) is 37.1 Å². The van der Waals surface area contributed by atoms with Crippen molar-refractivity contribution >= 4 is 32.8 Å². The van der Waals surface area contributed by atoms with Crippen LogP contribution in [0.1, 0.15) is 24.7 Å². The van der Waals surface area contributed by atoms with E-state index in [1.807, 2.05) is 29.2 Å². The molecule has 1 aromatic carbocycles. The van der Waals surface area contributed by atoms with Gasteiger partial charge in [0.15, 0.2) is 0 Å². The molecule has 5 rings (SSSR count). The second kappa shape index (κ2) is 6.30. The quantitative estimate of drug-likeness (QED) is 0.832. The maximum absolute atomic E-state index is 13.2. The molecule has 3 aliphatic rings. The van der Waals surface area contributed by atoms with E-state index in [9.17, 15) is 13.2 Å². The smallest absolute Gasteiger partial charge is 0.256 e. The molecule has 0 aliphatic carbocycles. The van der Waals surface area contributed by atoms with Crippen molar-refractivity contribution in [1.29, 1.82) is 0 Å². The number of aromatic nitrogens is 2. The molecule has 1 saturated heterocycles. The predicted molar refractivity (Wildman–Crippen MR) is 105 cm³/mol. The molecule has 1 N–H and O–H groups in total. The second-order valence-corrected chi connectivity index (χ2v) is 8.90. The Morgan fingerprint density at radius 1 is 1.18 bits per heavy atom. The predicted octanol–water partition coefficient (Wildman–Crippen LogP) is 1.72. The number of fused-ring (bicyclic) bond motifs is 2. The van der Waals surface area contributed by atoms with Crippen molar-refractivity contribution in [3.63, 3.8) is 0 Å². The number of H-pyrrole nitrogens is 1. The number of likely N-dealkylation sites (tertiary alicyclic amines) is 1. The molecular weight excluding hydrogens is 378 g/mol. The summed E-state index contributed by atoms with van der Waals surface area (Å²) < 4.78 is 27.1. The Kier molecular flexibility index (Phi) is 3.87. The summed E-state index contributed by atoms with van der Waals surface area (Å²) >= 11 is 0. The average molecular weight is 397 g/mol. The highest BCUT2D eigenvalue weighted by molar-refractivity contribution is 7.90. The van der Waals surface area contributed by atoms with Crippen LogP contribution in [0.4, 0.5) is 0 Å². The van der Waals surface area contributed by atoms with Gasteiger partial charge in [-0.2, -0.15) is 0 Å². The van der Waals surface area contributed by atoms with Crippen LogP contribution in [-0.2, 0) is 14.8 Å². The van der Waals surface area contributed by atoms with Crippen molar-refractivity contribution in [2.75, 3.05) is 18.8 Å². The van der Waals surface area contributed by atoms with E-state index in [4.69, 9.17) is 0 Å². The number of imidazole rings is 1. The van der Waals surface area contributed by atoms with E-state index in [-0.39, 0.29) is 17.7 Å². The molecular formula is C19H19N5O3S. The van der Waals surface area contributed by atoms with Crippen LogP contribution >= 0.6 is 0 Å². The second-order valence-electron chi connectivity index (χ2n) is 7.14. The Labute approximate surface area is 162 Å². The highest BCUT2D eigenvalue weighted by Gasteiger charge is 2.34. The summed E-state index contributed by atoms with van der Waals surface area (Å²) in [4.78, 5) is 24.8. The first kappa shape index (κ1) is 17.2. The maximum atomic E-state index is 13.2. The minimum atomic E-state index is -3.41. The number of benzene rings is 1. The largest absolute Gasteiger partial charge is 0.340 e. The van der Waals surface area contributed by atoms with Crippen LogP contribution in [0.5, 0.6) is 0 Å². The van der Waals surface area contributed by atoms with Crippen molar-refractivity contribution in [3.8, 4) is 0 Å². The zero-order valence-corrected chi connectivity index (χ0v) is 15.9. The standard InChI is InChI=1S/C19H19N5O3S/c25-19(13-7-8-17-22-28(26,27)11-10-23(17)12-13)24-9-3-6-16(24)18-20-14-4-1-2-5-15(14)21-18/h1-2,4-5,7-8,12,16H,3,6,9-11H2,(H,20,21). The maximum Gasteiger partial charge on any atom is 0.256 e. The minimum absolute atomic E-state index is 0.0480. The number of hydrogen-bond acceptors (Lipinski definition) is 5. The van der Waals surface area contributed by atoms with Crippen LogP contribution in [-0.4, -0.2) is 58.8 Å². The molecule has 144 valence electrons. The summed E-state index contributed by atoms with van der Waals surface area (Å²) in [7, 11) is -3.41. The van der Waals surface area contributed by atoms with Crippen molar-refractivity contribution < 1.29 is 13.2 Å². The number of aromatic amines is 1. The van der Waals surface area contributed by atoms with Crippen LogP contribution in [0, 0.1) is 0 Å².